The molecule has 0 fully saturated rings. The van der Waals surface area contributed by atoms with Gasteiger partial charge in [-0.05, 0) is 49.1 Å². The Bertz CT molecular complexity index is 1150. The average molecular weight is 407 g/mol. The number of amides is 1. The maximum Gasteiger partial charge on any atom is 0.242 e. The molecule has 4 aromatic rings. The molecule has 1 N–H and O–H groups in total. The number of pyridine rings is 1. The van der Waals surface area contributed by atoms with Gasteiger partial charge in [-0.3, -0.25) is 4.79 Å². The number of nitrogens with zero attached hydrogens (tertiary/aromatic N) is 3. The highest BCUT2D eigenvalue weighted by Gasteiger charge is 2.17. The smallest absolute Gasteiger partial charge is 0.242 e. The van der Waals surface area contributed by atoms with Crippen LogP contribution in [-0.4, -0.2) is 27.8 Å². The number of nitrogens with one attached hydrogen (secondary N) is 1. The number of methoxy groups -OCH3 is 1. The lowest BCUT2D eigenvalue weighted by atomic mass is 10.1. The molecule has 6 nitrogen and oxygen atoms in total. The van der Waals surface area contributed by atoms with Crippen LogP contribution in [0.5, 0.6) is 5.75 Å². The van der Waals surface area contributed by atoms with Gasteiger partial charge in [0.1, 0.15) is 12.3 Å². The van der Waals surface area contributed by atoms with Crippen molar-refractivity contribution >= 4 is 28.3 Å². The Kier molecular flexibility index (Phi) is 5.31. The van der Waals surface area contributed by atoms with Gasteiger partial charge in [0.25, 0.3) is 0 Å². The van der Waals surface area contributed by atoms with E-state index in [4.69, 9.17) is 4.74 Å². The molecular weight excluding hydrogens is 384 g/mol. The van der Waals surface area contributed by atoms with Crippen LogP contribution >= 0.6 is 11.3 Å². The molecule has 0 aliphatic carbocycles. The van der Waals surface area contributed by atoms with Gasteiger partial charge in [0.15, 0.2) is 5.65 Å². The molecule has 0 radical (unpaired) electrons. The SMILES string of the molecule is COc1cccc(C(C)NC(=O)Cn2nc(C)c3c(-c4cccs4)ccnc32)c1. The summed E-state index contributed by atoms with van der Waals surface area (Å²) in [6, 6.07) is 13.7. The van der Waals surface area contributed by atoms with Crippen LogP contribution in [0.15, 0.2) is 54.0 Å². The second kappa shape index (κ2) is 8.05. The fraction of sp³-hybridized carbons (Fsp3) is 0.227. The van der Waals surface area contributed by atoms with Crippen molar-refractivity contribution in [3.05, 3.63) is 65.3 Å². The van der Waals surface area contributed by atoms with E-state index in [2.05, 4.69) is 26.8 Å². The fourth-order valence-electron chi connectivity index (χ4n) is 3.45. The summed E-state index contributed by atoms with van der Waals surface area (Å²) in [5, 5.41) is 10.7. The molecule has 29 heavy (non-hydrogen) atoms. The van der Waals surface area contributed by atoms with Gasteiger partial charge in [0.2, 0.25) is 5.91 Å². The van der Waals surface area contributed by atoms with Crippen LogP contribution in [0.3, 0.4) is 0 Å². The molecule has 0 spiro atoms. The maximum absolute atomic E-state index is 12.7. The topological polar surface area (TPSA) is 69.0 Å². The van der Waals surface area contributed by atoms with Crippen molar-refractivity contribution in [2.24, 2.45) is 0 Å². The van der Waals surface area contributed by atoms with Gasteiger partial charge in [0.05, 0.1) is 24.2 Å². The average Bonchev–Trinajstić information content (AvgIpc) is 3.37. The second-order valence-electron chi connectivity index (χ2n) is 6.84. The second-order valence-corrected chi connectivity index (χ2v) is 7.79. The molecule has 0 aliphatic heterocycles. The highest BCUT2D eigenvalue weighted by molar-refractivity contribution is 7.13. The van der Waals surface area contributed by atoms with Crippen molar-refractivity contribution in [1.29, 1.82) is 0 Å². The number of thiophene rings is 1. The van der Waals surface area contributed by atoms with Crippen molar-refractivity contribution in [3.63, 3.8) is 0 Å². The van der Waals surface area contributed by atoms with E-state index in [9.17, 15) is 4.79 Å². The van der Waals surface area contributed by atoms with Crippen LogP contribution in [0.2, 0.25) is 0 Å². The third kappa shape index (κ3) is 3.86. The molecule has 4 rings (SSSR count). The summed E-state index contributed by atoms with van der Waals surface area (Å²) in [6.45, 7) is 4.01. The Morgan fingerprint density at radius 2 is 2.14 bits per heavy atom. The molecule has 3 heterocycles. The maximum atomic E-state index is 12.7. The van der Waals surface area contributed by atoms with E-state index in [0.29, 0.717) is 0 Å². The van der Waals surface area contributed by atoms with Gasteiger partial charge >= 0.3 is 0 Å². The van der Waals surface area contributed by atoms with Gasteiger partial charge in [-0.15, -0.1) is 11.3 Å². The molecule has 7 heteroatoms. The minimum Gasteiger partial charge on any atom is -0.497 e. The number of carbonyl (C=O) groups is 1. The van der Waals surface area contributed by atoms with E-state index in [1.807, 2.05) is 50.2 Å². The van der Waals surface area contributed by atoms with Gasteiger partial charge < -0.3 is 10.1 Å². The molecule has 0 bridgehead atoms. The van der Waals surface area contributed by atoms with Gasteiger partial charge in [-0.25, -0.2) is 9.67 Å². The summed E-state index contributed by atoms with van der Waals surface area (Å²) in [5.74, 6) is 0.649. The van der Waals surface area contributed by atoms with Crippen LogP contribution in [0.1, 0.15) is 24.2 Å². The van der Waals surface area contributed by atoms with Crippen LogP contribution in [0.25, 0.3) is 21.5 Å². The van der Waals surface area contributed by atoms with E-state index in [1.54, 1.807) is 29.3 Å². The quantitative estimate of drug-likeness (QED) is 0.517. The summed E-state index contributed by atoms with van der Waals surface area (Å²) in [7, 11) is 1.63. The monoisotopic (exact) mass is 406 g/mol. The van der Waals surface area contributed by atoms with Crippen LogP contribution < -0.4 is 10.1 Å². The number of carbonyl (C=O) groups excluding carboxylic acids is 1. The standard InChI is InChI=1S/C22H22N4O2S/c1-14(16-6-4-7-17(12-16)28-3)24-20(27)13-26-22-21(15(2)25-26)18(9-10-23-22)19-8-5-11-29-19/h4-12,14H,13H2,1-3H3,(H,24,27). The number of aryl methyl sites for hydroxylation is 1. The van der Waals surface area contributed by atoms with Crippen molar-refractivity contribution in [2.45, 2.75) is 26.4 Å². The zero-order valence-corrected chi connectivity index (χ0v) is 17.4. The minimum atomic E-state index is -0.143. The summed E-state index contributed by atoms with van der Waals surface area (Å²) >= 11 is 1.68. The number of ether oxygens (including phenoxy) is 1. The highest BCUT2D eigenvalue weighted by Crippen LogP contribution is 2.32. The van der Waals surface area contributed by atoms with Crippen LogP contribution in [0, 0.1) is 6.92 Å². The van der Waals surface area contributed by atoms with Crippen molar-refractivity contribution in [1.82, 2.24) is 20.1 Å². The normalized spacial score (nSPS) is 12.1. The number of fused-ring (bicyclic) bond motifs is 1. The lowest BCUT2D eigenvalue weighted by Gasteiger charge is -2.15. The Labute approximate surface area is 173 Å². The molecular formula is C22H22N4O2S. The van der Waals surface area contributed by atoms with E-state index < -0.39 is 0 Å². The van der Waals surface area contributed by atoms with Crippen LogP contribution in [0.4, 0.5) is 0 Å². The summed E-state index contributed by atoms with van der Waals surface area (Å²) < 4.78 is 6.94. The van der Waals surface area contributed by atoms with E-state index in [1.165, 1.54) is 0 Å². The minimum absolute atomic E-state index is 0.111. The van der Waals surface area contributed by atoms with E-state index in [-0.39, 0.29) is 18.5 Å². The van der Waals surface area contributed by atoms with Crippen molar-refractivity contribution < 1.29 is 9.53 Å². The molecule has 0 aliphatic rings. The molecule has 0 saturated heterocycles. The molecule has 1 amide bonds. The Hall–Kier alpha value is -3.19. The van der Waals surface area contributed by atoms with Gasteiger partial charge in [-0.2, -0.15) is 5.10 Å². The zero-order chi connectivity index (χ0) is 20.4. The van der Waals surface area contributed by atoms with E-state index >= 15 is 0 Å². The Morgan fingerprint density at radius 1 is 1.28 bits per heavy atom. The summed E-state index contributed by atoms with van der Waals surface area (Å²) in [6.07, 6.45) is 1.77. The Balaban J connectivity index is 1.56. The zero-order valence-electron chi connectivity index (χ0n) is 16.5. The molecule has 1 aromatic carbocycles. The predicted molar refractivity (Wildman–Crippen MR) is 115 cm³/mol. The van der Waals surface area contributed by atoms with Gasteiger partial charge in [0, 0.05) is 16.6 Å². The number of rotatable bonds is 6. The van der Waals surface area contributed by atoms with Crippen molar-refractivity contribution in [3.8, 4) is 16.2 Å². The Morgan fingerprint density at radius 3 is 2.90 bits per heavy atom. The molecule has 3 aromatic heterocycles. The lowest BCUT2D eigenvalue weighted by molar-refractivity contribution is -0.122. The number of hydrogen-bond donors (Lipinski definition) is 1. The first-order chi connectivity index (χ1) is 14.1. The highest BCUT2D eigenvalue weighted by atomic mass is 32.1. The first kappa shape index (κ1) is 19.1. The summed E-state index contributed by atoms with van der Waals surface area (Å²) in [4.78, 5) is 18.3. The fourth-order valence-corrected chi connectivity index (χ4v) is 4.20. The van der Waals surface area contributed by atoms with Crippen LogP contribution in [-0.2, 0) is 11.3 Å². The van der Waals surface area contributed by atoms with E-state index in [0.717, 1.165) is 38.5 Å². The van der Waals surface area contributed by atoms with Gasteiger partial charge in [-0.1, -0.05) is 18.2 Å². The number of benzene rings is 1. The molecule has 1 atom stereocenters. The molecule has 1 unspecified atom stereocenters. The predicted octanol–water partition coefficient (Wildman–Crippen LogP) is 4.35. The third-order valence-corrected chi connectivity index (χ3v) is 5.76. The molecule has 0 saturated carbocycles. The number of hydrogen-bond acceptors (Lipinski definition) is 5. The molecule has 148 valence electrons. The first-order valence-electron chi connectivity index (χ1n) is 9.36. The summed E-state index contributed by atoms with van der Waals surface area (Å²) in [5.41, 5.74) is 3.67. The largest absolute Gasteiger partial charge is 0.497 e. The lowest BCUT2D eigenvalue weighted by Crippen LogP contribution is -2.30. The first-order valence-corrected chi connectivity index (χ1v) is 10.2. The third-order valence-electron chi connectivity index (χ3n) is 4.86. The number of aromatic nitrogens is 3. The van der Waals surface area contributed by atoms with Crippen molar-refractivity contribution in [2.75, 3.05) is 7.11 Å².